The van der Waals surface area contributed by atoms with Crippen LogP contribution in [0.2, 0.25) is 0 Å². The number of alkyl halides is 1. The van der Waals surface area contributed by atoms with Gasteiger partial charge in [0, 0.05) is 47.2 Å². The molecule has 2 heterocycles. The van der Waals surface area contributed by atoms with E-state index in [0.717, 1.165) is 34.8 Å². The summed E-state index contributed by atoms with van der Waals surface area (Å²) < 4.78 is 12.3. The summed E-state index contributed by atoms with van der Waals surface area (Å²) in [6, 6.07) is 9.76. The monoisotopic (exact) mass is 492 g/mol. The number of nitrogens with one attached hydrogen (secondary N) is 3. The number of H-pyrrole nitrogens is 2. The molecular formula is C27H29FN4O4. The Bertz CT molecular complexity index is 1410. The van der Waals surface area contributed by atoms with E-state index >= 15 is 0 Å². The minimum atomic E-state index is -0.491. The van der Waals surface area contributed by atoms with Crippen LogP contribution in [0.1, 0.15) is 36.8 Å². The molecule has 2 amide bonds. The lowest BCUT2D eigenvalue weighted by atomic mass is 10.1. The summed E-state index contributed by atoms with van der Waals surface area (Å²) >= 11 is 0. The largest absolute Gasteiger partial charge is 0.508 e. The summed E-state index contributed by atoms with van der Waals surface area (Å²) in [5.74, 6) is -0.748. The summed E-state index contributed by atoms with van der Waals surface area (Å²) in [6.45, 7) is 0.0518. The first kappa shape index (κ1) is 25.0. The molecule has 0 aliphatic rings. The van der Waals surface area contributed by atoms with Crippen molar-refractivity contribution in [1.29, 1.82) is 0 Å². The van der Waals surface area contributed by atoms with Gasteiger partial charge >= 0.3 is 0 Å². The van der Waals surface area contributed by atoms with Crippen molar-refractivity contribution in [1.82, 2.24) is 15.3 Å². The predicted molar refractivity (Wildman–Crippen MR) is 137 cm³/mol. The number of aromatic nitrogens is 2. The Balaban J connectivity index is 1.53. The highest BCUT2D eigenvalue weighted by atomic mass is 19.1. The average molecular weight is 493 g/mol. The van der Waals surface area contributed by atoms with Crippen LogP contribution in [0, 0.1) is 0 Å². The van der Waals surface area contributed by atoms with E-state index in [1.54, 1.807) is 48.8 Å². The Morgan fingerprint density at radius 1 is 0.833 bits per heavy atom. The van der Waals surface area contributed by atoms with Crippen molar-refractivity contribution in [2.45, 2.75) is 38.5 Å². The van der Waals surface area contributed by atoms with Crippen LogP contribution in [0.4, 0.5) is 4.39 Å². The van der Waals surface area contributed by atoms with Gasteiger partial charge in [-0.1, -0.05) is 12.8 Å². The molecule has 9 heteroatoms. The molecule has 0 spiro atoms. The van der Waals surface area contributed by atoms with E-state index in [0.29, 0.717) is 30.3 Å². The lowest BCUT2D eigenvalue weighted by Gasteiger charge is -2.08. The number of phenols is 2. The van der Waals surface area contributed by atoms with E-state index in [-0.39, 0.29) is 36.7 Å². The van der Waals surface area contributed by atoms with Crippen LogP contribution in [0.3, 0.4) is 0 Å². The second kappa shape index (κ2) is 11.5. The number of fused-ring (bicyclic) bond motifs is 2. The third-order valence-electron chi connectivity index (χ3n) is 6.07. The second-order valence-corrected chi connectivity index (χ2v) is 8.75. The number of aromatic hydroxyl groups is 2. The number of aromatic amines is 2. The summed E-state index contributed by atoms with van der Waals surface area (Å²) in [5.41, 5.74) is 3.03. The van der Waals surface area contributed by atoms with Gasteiger partial charge in [-0.05, 0) is 60.4 Å². The highest BCUT2D eigenvalue weighted by Crippen LogP contribution is 2.25. The van der Waals surface area contributed by atoms with Crippen LogP contribution >= 0.6 is 0 Å². The van der Waals surface area contributed by atoms with E-state index in [1.807, 2.05) is 0 Å². The van der Waals surface area contributed by atoms with Crippen molar-refractivity contribution in [2.75, 3.05) is 13.2 Å². The molecule has 0 aliphatic carbocycles. The molecule has 0 saturated carbocycles. The molecule has 4 aromatic rings. The van der Waals surface area contributed by atoms with Gasteiger partial charge in [-0.25, -0.2) is 4.99 Å². The Kier molecular flexibility index (Phi) is 7.99. The van der Waals surface area contributed by atoms with Gasteiger partial charge in [-0.2, -0.15) is 0 Å². The zero-order chi connectivity index (χ0) is 25.5. The van der Waals surface area contributed by atoms with Crippen LogP contribution in [-0.4, -0.2) is 50.9 Å². The number of phenolic OH excluding ortho intramolecular Hbond substituents is 2. The normalized spacial score (nSPS) is 11.9. The molecule has 2 aromatic carbocycles. The zero-order valence-electron chi connectivity index (χ0n) is 19.8. The van der Waals surface area contributed by atoms with Crippen LogP contribution in [0.15, 0.2) is 53.8 Å². The molecule has 0 atom stereocenters. The first-order valence-electron chi connectivity index (χ1n) is 12.0. The van der Waals surface area contributed by atoms with Gasteiger partial charge in [0.1, 0.15) is 17.2 Å². The molecule has 0 unspecified atom stereocenters. The Morgan fingerprint density at radius 3 is 2.03 bits per heavy atom. The minimum Gasteiger partial charge on any atom is -0.508 e. The fraction of sp³-hybridized carbons (Fsp3) is 0.296. The van der Waals surface area contributed by atoms with E-state index in [4.69, 9.17) is 0 Å². The minimum absolute atomic E-state index is 0.0435. The van der Waals surface area contributed by atoms with Gasteiger partial charge in [-0.3, -0.25) is 14.0 Å². The number of halogens is 1. The first-order valence-corrected chi connectivity index (χ1v) is 12.0. The molecule has 0 radical (unpaired) electrons. The van der Waals surface area contributed by atoms with Crippen molar-refractivity contribution in [3.63, 3.8) is 0 Å². The van der Waals surface area contributed by atoms with Gasteiger partial charge < -0.3 is 25.5 Å². The predicted octanol–water partition coefficient (Wildman–Crippen LogP) is 4.46. The summed E-state index contributed by atoms with van der Waals surface area (Å²) in [4.78, 5) is 36.3. The van der Waals surface area contributed by atoms with Crippen LogP contribution in [0.5, 0.6) is 11.5 Å². The van der Waals surface area contributed by atoms with Crippen LogP contribution in [0.25, 0.3) is 21.8 Å². The number of amides is 2. The number of carbonyl (C=O) groups is 2. The van der Waals surface area contributed by atoms with Crippen molar-refractivity contribution >= 4 is 39.3 Å². The zero-order valence-corrected chi connectivity index (χ0v) is 19.8. The summed E-state index contributed by atoms with van der Waals surface area (Å²) in [7, 11) is 0. The fourth-order valence-electron chi connectivity index (χ4n) is 4.21. The molecule has 4 rings (SSSR count). The molecule has 36 heavy (non-hydrogen) atoms. The standard InChI is InChI=1S/C27H29FN4O4/c28-9-3-1-2-4-10-29-27(36)25(11-17-15-30-23-7-5-19(33)13-21(17)23)32-26(35)12-18-16-31-24-8-6-20(34)14-22(18)24/h5-8,13-16,30-31,33-34H,1-4,9-12H2,(H,29,36). The summed E-state index contributed by atoms with van der Waals surface area (Å²) in [6.07, 6.45) is 6.24. The third kappa shape index (κ3) is 6.10. The quantitative estimate of drug-likeness (QED) is 0.156. The van der Waals surface area contributed by atoms with Gasteiger partial charge in [0.05, 0.1) is 13.1 Å². The Labute approximate surface area is 207 Å². The maximum Gasteiger partial charge on any atom is 0.266 e. The number of carbonyl (C=O) groups excluding carboxylic acids is 2. The molecular weight excluding hydrogens is 463 g/mol. The van der Waals surface area contributed by atoms with E-state index in [2.05, 4.69) is 20.3 Å². The number of benzene rings is 2. The SMILES string of the molecule is O=C(Cc1c[nH]c2ccc(O)cc12)N=C(Cc1c[nH]c2ccc(O)cc12)C(=O)NCCCCCCF. The first-order chi connectivity index (χ1) is 17.4. The smallest absolute Gasteiger partial charge is 0.266 e. The van der Waals surface area contributed by atoms with E-state index in [9.17, 15) is 24.2 Å². The molecule has 5 N–H and O–H groups in total. The van der Waals surface area contributed by atoms with Gasteiger partial charge in [-0.15, -0.1) is 0 Å². The highest BCUT2D eigenvalue weighted by Gasteiger charge is 2.18. The molecule has 0 bridgehead atoms. The highest BCUT2D eigenvalue weighted by molar-refractivity contribution is 6.41. The molecule has 188 valence electrons. The van der Waals surface area contributed by atoms with E-state index in [1.165, 1.54) is 0 Å². The lowest BCUT2D eigenvalue weighted by Crippen LogP contribution is -2.33. The number of hydrogen-bond donors (Lipinski definition) is 5. The maximum absolute atomic E-state index is 13.0. The number of nitrogens with zero attached hydrogens (tertiary/aromatic N) is 1. The van der Waals surface area contributed by atoms with Gasteiger partial charge in [0.25, 0.3) is 11.8 Å². The average Bonchev–Trinajstić information content (AvgIpc) is 3.44. The van der Waals surface area contributed by atoms with Crippen LogP contribution < -0.4 is 5.32 Å². The topological polar surface area (TPSA) is 131 Å². The molecule has 0 aliphatic heterocycles. The molecule has 8 nitrogen and oxygen atoms in total. The number of hydrogen-bond acceptors (Lipinski definition) is 4. The second-order valence-electron chi connectivity index (χ2n) is 8.75. The summed E-state index contributed by atoms with van der Waals surface area (Å²) in [5, 5.41) is 24.0. The number of unbranched alkanes of at least 4 members (excludes halogenated alkanes) is 3. The number of rotatable bonds is 11. The van der Waals surface area contributed by atoms with E-state index < -0.39 is 11.8 Å². The van der Waals surface area contributed by atoms with Crippen LogP contribution in [-0.2, 0) is 22.4 Å². The fourth-order valence-corrected chi connectivity index (χ4v) is 4.21. The molecule has 0 saturated heterocycles. The number of aliphatic imine (C=N–C) groups is 1. The Morgan fingerprint density at radius 2 is 1.42 bits per heavy atom. The van der Waals surface area contributed by atoms with Gasteiger partial charge in [0.15, 0.2) is 0 Å². The third-order valence-corrected chi connectivity index (χ3v) is 6.07. The van der Waals surface area contributed by atoms with Crippen molar-refractivity contribution in [3.05, 3.63) is 59.9 Å². The van der Waals surface area contributed by atoms with Gasteiger partial charge in [0.2, 0.25) is 0 Å². The molecule has 0 fully saturated rings. The maximum atomic E-state index is 13.0. The van der Waals surface area contributed by atoms with Crippen molar-refractivity contribution in [3.8, 4) is 11.5 Å². The molecule has 2 aromatic heterocycles. The lowest BCUT2D eigenvalue weighted by molar-refractivity contribution is -0.118. The van der Waals surface area contributed by atoms with Crippen molar-refractivity contribution < 1.29 is 24.2 Å². The van der Waals surface area contributed by atoms with Crippen molar-refractivity contribution in [2.24, 2.45) is 4.99 Å². The Hall–Kier alpha value is -4.14.